The van der Waals surface area contributed by atoms with Crippen LogP contribution in [0, 0.1) is 17.7 Å². The summed E-state index contributed by atoms with van der Waals surface area (Å²) in [5, 5.41) is 2.61. The first-order valence-corrected chi connectivity index (χ1v) is 7.61. The maximum atomic E-state index is 13.5. The van der Waals surface area contributed by atoms with Gasteiger partial charge in [-0.25, -0.2) is 9.18 Å². The van der Waals surface area contributed by atoms with Crippen LogP contribution >= 0.6 is 0 Å². The fraction of sp³-hybridized carbons (Fsp3) is 0.211. The summed E-state index contributed by atoms with van der Waals surface area (Å²) in [4.78, 5) is 11.5. The van der Waals surface area contributed by atoms with E-state index in [4.69, 9.17) is 10.5 Å². The van der Waals surface area contributed by atoms with Crippen molar-refractivity contribution in [1.82, 2.24) is 5.32 Å². The molecule has 2 aromatic rings. The van der Waals surface area contributed by atoms with Crippen LogP contribution in [0.3, 0.4) is 0 Å². The van der Waals surface area contributed by atoms with Gasteiger partial charge in [0.25, 0.3) is 0 Å². The Hall–Kier alpha value is -2.84. The fourth-order valence-corrected chi connectivity index (χ4v) is 1.96. The largest absolute Gasteiger partial charge is 0.445 e. The van der Waals surface area contributed by atoms with Gasteiger partial charge in [-0.2, -0.15) is 0 Å². The van der Waals surface area contributed by atoms with Gasteiger partial charge in [0.2, 0.25) is 0 Å². The zero-order chi connectivity index (χ0) is 17.2. The highest BCUT2D eigenvalue weighted by molar-refractivity contribution is 5.67. The molecule has 0 heterocycles. The average Bonchev–Trinajstić information content (AvgIpc) is 2.61. The number of carbonyl (C=O) groups is 1. The molecule has 0 aliphatic carbocycles. The number of nitrogens with one attached hydrogen (secondary N) is 1. The fourth-order valence-electron chi connectivity index (χ4n) is 1.96. The molecule has 24 heavy (non-hydrogen) atoms. The molecule has 0 saturated carbocycles. The molecule has 5 heteroatoms. The smallest absolute Gasteiger partial charge is 0.407 e. The van der Waals surface area contributed by atoms with E-state index in [0.29, 0.717) is 24.1 Å². The van der Waals surface area contributed by atoms with Crippen molar-refractivity contribution >= 4 is 6.09 Å². The number of carbonyl (C=O) groups excluding carboxylic acids is 1. The van der Waals surface area contributed by atoms with Gasteiger partial charge in [0.05, 0.1) is 0 Å². The van der Waals surface area contributed by atoms with E-state index in [0.717, 1.165) is 5.56 Å². The van der Waals surface area contributed by atoms with Crippen molar-refractivity contribution in [3.8, 4) is 11.8 Å². The van der Waals surface area contributed by atoms with E-state index in [1.54, 1.807) is 12.1 Å². The lowest BCUT2D eigenvalue weighted by molar-refractivity contribution is 0.140. The van der Waals surface area contributed by atoms with Crippen LogP contribution in [0.1, 0.15) is 23.1 Å². The summed E-state index contributed by atoms with van der Waals surface area (Å²) in [5.41, 5.74) is 7.37. The molecular formula is C19H19FN2O2. The molecule has 0 radical (unpaired) electrons. The molecule has 0 saturated heterocycles. The summed E-state index contributed by atoms with van der Waals surface area (Å²) in [6.07, 6.45) is -0.0419. The molecule has 0 unspecified atom stereocenters. The zero-order valence-corrected chi connectivity index (χ0v) is 13.2. The second-order valence-corrected chi connectivity index (χ2v) is 5.05. The van der Waals surface area contributed by atoms with Crippen LogP contribution in [0.5, 0.6) is 0 Å². The summed E-state index contributed by atoms with van der Waals surface area (Å²) in [5.74, 6) is 5.37. The monoisotopic (exact) mass is 326 g/mol. The van der Waals surface area contributed by atoms with E-state index in [1.807, 2.05) is 30.3 Å². The van der Waals surface area contributed by atoms with E-state index < -0.39 is 6.09 Å². The van der Waals surface area contributed by atoms with Gasteiger partial charge in [-0.3, -0.25) is 0 Å². The molecule has 124 valence electrons. The number of halogens is 1. The van der Waals surface area contributed by atoms with Crippen molar-refractivity contribution in [2.24, 2.45) is 5.73 Å². The van der Waals surface area contributed by atoms with E-state index in [1.165, 1.54) is 6.07 Å². The Morgan fingerprint density at radius 2 is 2.00 bits per heavy atom. The standard InChI is InChI=1S/C19H19FN2O2/c20-18-12-15(9-10-17(18)13-21)6-4-5-11-22-19(23)24-14-16-7-2-1-3-8-16/h1-3,7-10,12H,5,11,13-14,21H2,(H,22,23). The number of nitrogens with two attached hydrogens (primary N) is 1. The number of hydrogen-bond donors (Lipinski definition) is 2. The van der Waals surface area contributed by atoms with Crippen molar-refractivity contribution in [1.29, 1.82) is 0 Å². The normalized spacial score (nSPS) is 9.75. The van der Waals surface area contributed by atoms with Gasteiger partial charge in [-0.15, -0.1) is 0 Å². The Kier molecular flexibility index (Phi) is 6.81. The SMILES string of the molecule is NCc1ccc(C#CCCNC(=O)OCc2ccccc2)cc1F. The number of benzene rings is 2. The third kappa shape index (κ3) is 5.75. The Morgan fingerprint density at radius 3 is 2.71 bits per heavy atom. The third-order valence-corrected chi connectivity index (χ3v) is 3.24. The predicted molar refractivity (Wildman–Crippen MR) is 90.4 cm³/mol. The molecule has 0 bridgehead atoms. The van der Waals surface area contributed by atoms with Gasteiger partial charge in [0.1, 0.15) is 12.4 Å². The number of ether oxygens (including phenoxy) is 1. The van der Waals surface area contributed by atoms with Crippen LogP contribution < -0.4 is 11.1 Å². The summed E-state index contributed by atoms with van der Waals surface area (Å²) in [6, 6.07) is 14.1. The van der Waals surface area contributed by atoms with Crippen LogP contribution in [0.25, 0.3) is 0 Å². The van der Waals surface area contributed by atoms with Gasteiger partial charge < -0.3 is 15.8 Å². The minimum Gasteiger partial charge on any atom is -0.445 e. The van der Waals surface area contributed by atoms with Crippen molar-refractivity contribution in [2.75, 3.05) is 6.54 Å². The van der Waals surface area contributed by atoms with Gasteiger partial charge in [0, 0.05) is 30.6 Å². The first-order chi connectivity index (χ1) is 11.7. The molecule has 3 N–H and O–H groups in total. The highest BCUT2D eigenvalue weighted by atomic mass is 19.1. The Balaban J connectivity index is 1.69. The summed E-state index contributed by atoms with van der Waals surface area (Å²) in [7, 11) is 0. The lowest BCUT2D eigenvalue weighted by atomic mass is 10.1. The van der Waals surface area contributed by atoms with E-state index in [-0.39, 0.29) is 19.0 Å². The first kappa shape index (κ1) is 17.5. The molecule has 0 fully saturated rings. The molecule has 2 aromatic carbocycles. The van der Waals surface area contributed by atoms with Crippen LogP contribution in [0.2, 0.25) is 0 Å². The predicted octanol–water partition coefficient (Wildman–Crippen LogP) is 2.95. The van der Waals surface area contributed by atoms with Gasteiger partial charge in [0.15, 0.2) is 0 Å². The topological polar surface area (TPSA) is 64.3 Å². The molecule has 2 rings (SSSR count). The molecule has 0 aliphatic heterocycles. The number of alkyl carbamates (subject to hydrolysis) is 1. The molecule has 0 aliphatic rings. The van der Waals surface area contributed by atoms with Crippen LogP contribution in [0.15, 0.2) is 48.5 Å². The van der Waals surface area contributed by atoms with Crippen LogP contribution in [-0.2, 0) is 17.9 Å². The highest BCUT2D eigenvalue weighted by Crippen LogP contribution is 2.08. The first-order valence-electron chi connectivity index (χ1n) is 7.61. The Morgan fingerprint density at radius 1 is 1.21 bits per heavy atom. The van der Waals surface area contributed by atoms with Gasteiger partial charge >= 0.3 is 6.09 Å². The van der Waals surface area contributed by atoms with Crippen molar-refractivity contribution in [3.63, 3.8) is 0 Å². The second-order valence-electron chi connectivity index (χ2n) is 5.05. The lowest BCUT2D eigenvalue weighted by Gasteiger charge is -2.05. The van der Waals surface area contributed by atoms with Crippen LogP contribution in [0.4, 0.5) is 9.18 Å². The third-order valence-electron chi connectivity index (χ3n) is 3.24. The van der Waals surface area contributed by atoms with E-state index in [2.05, 4.69) is 17.2 Å². The van der Waals surface area contributed by atoms with Crippen molar-refractivity contribution < 1.29 is 13.9 Å². The molecule has 1 amide bonds. The van der Waals surface area contributed by atoms with Crippen molar-refractivity contribution in [3.05, 3.63) is 71.0 Å². The van der Waals surface area contributed by atoms with Crippen LogP contribution in [-0.4, -0.2) is 12.6 Å². The Labute approximate surface area is 140 Å². The van der Waals surface area contributed by atoms with Gasteiger partial charge in [-0.05, 0) is 17.7 Å². The summed E-state index contributed by atoms with van der Waals surface area (Å²) < 4.78 is 18.6. The minimum absolute atomic E-state index is 0.161. The highest BCUT2D eigenvalue weighted by Gasteiger charge is 2.01. The summed E-state index contributed by atoms with van der Waals surface area (Å²) >= 11 is 0. The quantitative estimate of drug-likeness (QED) is 0.656. The number of rotatable bonds is 5. The van der Waals surface area contributed by atoms with E-state index >= 15 is 0 Å². The maximum absolute atomic E-state index is 13.5. The van der Waals surface area contributed by atoms with Crippen molar-refractivity contribution in [2.45, 2.75) is 19.6 Å². The number of hydrogen-bond acceptors (Lipinski definition) is 3. The Bertz CT molecular complexity index is 736. The lowest BCUT2D eigenvalue weighted by Crippen LogP contribution is -2.24. The maximum Gasteiger partial charge on any atom is 0.407 e. The molecule has 0 atom stereocenters. The summed E-state index contributed by atoms with van der Waals surface area (Å²) in [6.45, 7) is 0.754. The molecule has 0 aromatic heterocycles. The molecule has 4 nitrogen and oxygen atoms in total. The molecular weight excluding hydrogens is 307 g/mol. The van der Waals surface area contributed by atoms with E-state index in [9.17, 15) is 9.18 Å². The van der Waals surface area contributed by atoms with Gasteiger partial charge in [-0.1, -0.05) is 48.2 Å². The second kappa shape index (κ2) is 9.33. The molecule has 0 spiro atoms. The minimum atomic E-state index is -0.487. The average molecular weight is 326 g/mol. The zero-order valence-electron chi connectivity index (χ0n) is 13.2. The number of amides is 1.